The Morgan fingerprint density at radius 1 is 0.800 bits per heavy atom. The molecule has 0 radical (unpaired) electrons. The lowest BCUT2D eigenvalue weighted by atomic mass is 10.3. The van der Waals surface area contributed by atoms with Crippen molar-refractivity contribution in [2.24, 2.45) is 0 Å². The summed E-state index contributed by atoms with van der Waals surface area (Å²) in [6.45, 7) is 3.35. The first kappa shape index (κ1) is 23.3. The minimum Gasteiger partial charge on any atom is -0.379 e. The van der Waals surface area contributed by atoms with Gasteiger partial charge in [-0.2, -0.15) is 0 Å². The molecule has 0 bridgehead atoms. The van der Waals surface area contributed by atoms with Crippen LogP contribution < -0.4 is 16.0 Å². The molecule has 0 aromatic rings. The Bertz CT molecular complexity index is 368. The molecule has 0 heterocycles. The molecular weight excluding hydrogens is 330 g/mol. The molecule has 0 aliphatic heterocycles. The van der Waals surface area contributed by atoms with E-state index >= 15 is 0 Å². The van der Waals surface area contributed by atoms with E-state index in [1.165, 1.54) is 0 Å². The van der Waals surface area contributed by atoms with Crippen LogP contribution >= 0.6 is 0 Å². The summed E-state index contributed by atoms with van der Waals surface area (Å²) in [6, 6.07) is -0.382. The molecule has 0 rings (SSSR count). The van der Waals surface area contributed by atoms with Gasteiger partial charge in [0.1, 0.15) is 6.61 Å². The van der Waals surface area contributed by atoms with Crippen LogP contribution in [0.5, 0.6) is 0 Å². The summed E-state index contributed by atoms with van der Waals surface area (Å²) in [5, 5.41) is 7.77. The molecule has 3 N–H and O–H groups in total. The number of amides is 3. The SMILES string of the molecule is CCCOCC(=O)NC(COCCC(=O)NC)COCCC(=O)NC. The molecule has 0 saturated carbocycles. The average Bonchev–Trinajstić information content (AvgIpc) is 2.61. The molecule has 25 heavy (non-hydrogen) atoms. The highest BCUT2D eigenvalue weighted by Gasteiger charge is 2.14. The fraction of sp³-hybridized carbons (Fsp3) is 0.812. The summed E-state index contributed by atoms with van der Waals surface area (Å²) < 4.78 is 16.0. The van der Waals surface area contributed by atoms with Gasteiger partial charge in [-0.15, -0.1) is 0 Å². The molecular formula is C16H31N3O6. The van der Waals surface area contributed by atoms with Gasteiger partial charge in [-0.1, -0.05) is 6.92 Å². The van der Waals surface area contributed by atoms with Gasteiger partial charge in [-0.05, 0) is 6.42 Å². The summed E-state index contributed by atoms with van der Waals surface area (Å²) >= 11 is 0. The van der Waals surface area contributed by atoms with Crippen molar-refractivity contribution in [2.75, 3.05) is 53.7 Å². The second-order valence-corrected chi connectivity index (χ2v) is 5.31. The van der Waals surface area contributed by atoms with Crippen LogP contribution in [0.4, 0.5) is 0 Å². The summed E-state index contributed by atoms with van der Waals surface area (Å²) in [5.41, 5.74) is 0. The van der Waals surface area contributed by atoms with E-state index in [9.17, 15) is 14.4 Å². The van der Waals surface area contributed by atoms with Gasteiger partial charge in [0, 0.05) is 33.5 Å². The van der Waals surface area contributed by atoms with E-state index in [1.54, 1.807) is 14.1 Å². The zero-order valence-corrected chi connectivity index (χ0v) is 15.4. The largest absolute Gasteiger partial charge is 0.379 e. The maximum atomic E-state index is 11.8. The molecule has 0 saturated heterocycles. The summed E-state index contributed by atoms with van der Waals surface area (Å²) in [7, 11) is 3.11. The first-order chi connectivity index (χ1) is 12.0. The predicted octanol–water partition coefficient (Wildman–Crippen LogP) is -0.797. The maximum Gasteiger partial charge on any atom is 0.246 e. The Labute approximate surface area is 149 Å². The van der Waals surface area contributed by atoms with Gasteiger partial charge >= 0.3 is 0 Å². The molecule has 0 aliphatic rings. The Balaban J connectivity index is 4.17. The highest BCUT2D eigenvalue weighted by atomic mass is 16.5. The molecule has 9 nitrogen and oxygen atoms in total. The predicted molar refractivity (Wildman–Crippen MR) is 92.0 cm³/mol. The minimum absolute atomic E-state index is 0.0270. The molecule has 0 aromatic heterocycles. The second-order valence-electron chi connectivity index (χ2n) is 5.31. The molecule has 0 unspecified atom stereocenters. The van der Waals surface area contributed by atoms with Crippen molar-refractivity contribution in [1.82, 2.24) is 16.0 Å². The van der Waals surface area contributed by atoms with E-state index in [2.05, 4.69) is 16.0 Å². The second kappa shape index (κ2) is 15.8. The molecule has 0 aliphatic carbocycles. The zero-order chi connectivity index (χ0) is 18.9. The lowest BCUT2D eigenvalue weighted by Crippen LogP contribution is -2.43. The summed E-state index contributed by atoms with van der Waals surface area (Å²) in [5.74, 6) is -0.492. The third kappa shape index (κ3) is 14.3. The van der Waals surface area contributed by atoms with Gasteiger partial charge in [0.2, 0.25) is 17.7 Å². The number of ether oxygens (including phenoxy) is 3. The van der Waals surface area contributed by atoms with Crippen molar-refractivity contribution in [3.8, 4) is 0 Å². The van der Waals surface area contributed by atoms with Crippen LogP contribution in [-0.2, 0) is 28.6 Å². The van der Waals surface area contributed by atoms with Gasteiger partial charge < -0.3 is 30.2 Å². The van der Waals surface area contributed by atoms with E-state index in [0.717, 1.165) is 6.42 Å². The fourth-order valence-corrected chi connectivity index (χ4v) is 1.74. The summed E-state index contributed by atoms with van der Waals surface area (Å²) in [4.78, 5) is 34.1. The Morgan fingerprint density at radius 2 is 1.32 bits per heavy atom. The topological polar surface area (TPSA) is 115 Å². The molecule has 0 atom stereocenters. The van der Waals surface area contributed by atoms with Gasteiger partial charge in [0.05, 0.1) is 32.5 Å². The van der Waals surface area contributed by atoms with Crippen LogP contribution in [0, 0.1) is 0 Å². The number of nitrogens with one attached hydrogen (secondary N) is 3. The maximum absolute atomic E-state index is 11.8. The van der Waals surface area contributed by atoms with Crippen LogP contribution in [0.1, 0.15) is 26.2 Å². The van der Waals surface area contributed by atoms with Crippen molar-refractivity contribution in [1.29, 1.82) is 0 Å². The lowest BCUT2D eigenvalue weighted by Gasteiger charge is -2.19. The van der Waals surface area contributed by atoms with E-state index in [-0.39, 0.29) is 69.6 Å². The monoisotopic (exact) mass is 361 g/mol. The Hall–Kier alpha value is -1.71. The van der Waals surface area contributed by atoms with Gasteiger partial charge in [0.15, 0.2) is 0 Å². The van der Waals surface area contributed by atoms with Gasteiger partial charge in [-0.25, -0.2) is 0 Å². The van der Waals surface area contributed by atoms with Crippen LogP contribution in [0.3, 0.4) is 0 Å². The Morgan fingerprint density at radius 3 is 1.76 bits per heavy atom. The number of rotatable bonds is 15. The van der Waals surface area contributed by atoms with Crippen molar-refractivity contribution in [3.05, 3.63) is 0 Å². The van der Waals surface area contributed by atoms with Crippen molar-refractivity contribution in [3.63, 3.8) is 0 Å². The third-order valence-corrected chi connectivity index (χ3v) is 3.09. The summed E-state index contributed by atoms with van der Waals surface area (Å²) in [6.07, 6.45) is 1.32. The number of hydrogen-bond donors (Lipinski definition) is 3. The molecule has 9 heteroatoms. The van der Waals surface area contributed by atoms with Crippen molar-refractivity contribution < 1.29 is 28.6 Å². The number of carbonyl (C=O) groups excluding carboxylic acids is 3. The molecule has 0 aromatic carbocycles. The average molecular weight is 361 g/mol. The molecule has 3 amide bonds. The molecule has 0 spiro atoms. The van der Waals surface area contributed by atoms with Crippen LogP contribution in [0.15, 0.2) is 0 Å². The Kier molecular flexibility index (Phi) is 14.7. The highest BCUT2D eigenvalue weighted by molar-refractivity contribution is 5.77. The number of carbonyl (C=O) groups is 3. The minimum atomic E-state index is -0.382. The van der Waals surface area contributed by atoms with E-state index in [1.807, 2.05) is 6.92 Å². The van der Waals surface area contributed by atoms with Crippen molar-refractivity contribution >= 4 is 17.7 Å². The quantitative estimate of drug-likeness (QED) is 0.329. The number of hydrogen-bond acceptors (Lipinski definition) is 6. The van der Waals surface area contributed by atoms with Crippen LogP contribution in [-0.4, -0.2) is 77.5 Å². The smallest absolute Gasteiger partial charge is 0.246 e. The fourth-order valence-electron chi connectivity index (χ4n) is 1.74. The molecule has 146 valence electrons. The first-order valence-corrected chi connectivity index (χ1v) is 8.47. The van der Waals surface area contributed by atoms with Crippen molar-refractivity contribution in [2.45, 2.75) is 32.2 Å². The lowest BCUT2D eigenvalue weighted by molar-refractivity contribution is -0.128. The highest BCUT2D eigenvalue weighted by Crippen LogP contribution is 1.94. The normalized spacial score (nSPS) is 10.6. The van der Waals surface area contributed by atoms with E-state index < -0.39 is 0 Å². The molecule has 0 fully saturated rings. The van der Waals surface area contributed by atoms with E-state index in [4.69, 9.17) is 14.2 Å². The van der Waals surface area contributed by atoms with Crippen LogP contribution in [0.2, 0.25) is 0 Å². The van der Waals surface area contributed by atoms with Gasteiger partial charge in [-0.3, -0.25) is 14.4 Å². The third-order valence-electron chi connectivity index (χ3n) is 3.09. The first-order valence-electron chi connectivity index (χ1n) is 8.47. The zero-order valence-electron chi connectivity index (χ0n) is 15.4. The van der Waals surface area contributed by atoms with Gasteiger partial charge in [0.25, 0.3) is 0 Å². The standard InChI is InChI=1S/C16H31N3O6/c1-4-7-23-12-16(22)19-13(10-24-8-5-14(20)17-2)11-25-9-6-15(21)18-3/h13H,4-12H2,1-3H3,(H,17,20)(H,18,21)(H,19,22). The van der Waals surface area contributed by atoms with Crippen LogP contribution in [0.25, 0.3) is 0 Å². The van der Waals surface area contributed by atoms with E-state index in [0.29, 0.717) is 6.61 Å².